The number of Topliss-reactive ketones (excluding diaryl/α,β-unsaturated/α-hetero) is 1. The summed E-state index contributed by atoms with van der Waals surface area (Å²) in [7, 11) is 0. The summed E-state index contributed by atoms with van der Waals surface area (Å²) >= 11 is 0. The molecule has 0 saturated heterocycles. The predicted octanol–water partition coefficient (Wildman–Crippen LogP) is 3.76. The van der Waals surface area contributed by atoms with Crippen LogP contribution in [0.5, 0.6) is 0 Å². The molecule has 0 saturated carbocycles. The smallest absolute Gasteiger partial charge is 0.162 e. The molecule has 0 spiro atoms. The third kappa shape index (κ3) is 2.72. The lowest BCUT2D eigenvalue weighted by Crippen LogP contribution is -1.99. The molecule has 0 aliphatic rings. The van der Waals surface area contributed by atoms with E-state index in [9.17, 15) is 4.79 Å². The summed E-state index contributed by atoms with van der Waals surface area (Å²) in [4.78, 5) is 20.6. The fourth-order valence-electron chi connectivity index (χ4n) is 2.27. The number of carbonyl (C=O) groups excluding carboxylic acids is 1. The van der Waals surface area contributed by atoms with Gasteiger partial charge in [0.1, 0.15) is 0 Å². The number of hydrogen-bond acceptors (Lipinski definition) is 3. The Morgan fingerprint density at radius 2 is 1.76 bits per heavy atom. The summed E-state index contributed by atoms with van der Waals surface area (Å²) in [6, 6.07) is 15.5. The number of fused-ring (bicyclic) bond motifs is 1. The van der Waals surface area contributed by atoms with Crippen LogP contribution in [0.25, 0.3) is 22.4 Å². The van der Waals surface area contributed by atoms with Gasteiger partial charge in [-0.15, -0.1) is 0 Å². The molecule has 21 heavy (non-hydrogen) atoms. The second-order valence-corrected chi connectivity index (χ2v) is 4.75. The Balaban J connectivity index is 2.19. The van der Waals surface area contributed by atoms with Crippen molar-refractivity contribution in [1.82, 2.24) is 9.97 Å². The van der Waals surface area contributed by atoms with E-state index in [1.165, 1.54) is 0 Å². The zero-order valence-electron chi connectivity index (χ0n) is 11.7. The Morgan fingerprint density at radius 1 is 0.952 bits per heavy atom. The first kappa shape index (κ1) is 13.2. The van der Waals surface area contributed by atoms with Gasteiger partial charge in [0.25, 0.3) is 0 Å². The molecule has 3 nitrogen and oxygen atoms in total. The van der Waals surface area contributed by atoms with Gasteiger partial charge < -0.3 is 0 Å². The molecule has 0 amide bonds. The third-order valence-corrected chi connectivity index (χ3v) is 3.31. The van der Waals surface area contributed by atoms with Gasteiger partial charge in [0, 0.05) is 23.4 Å². The summed E-state index contributed by atoms with van der Waals surface area (Å²) in [6.45, 7) is 1.55. The predicted molar refractivity (Wildman–Crippen MR) is 84.5 cm³/mol. The molecular formula is C18H14N2O. The zero-order chi connectivity index (χ0) is 14.7. The number of allylic oxidation sites excluding steroid dienone is 1. The van der Waals surface area contributed by atoms with Crippen LogP contribution in [0.1, 0.15) is 18.3 Å². The van der Waals surface area contributed by atoms with Crippen LogP contribution in [-0.4, -0.2) is 15.8 Å². The molecule has 2 aromatic heterocycles. The zero-order valence-corrected chi connectivity index (χ0v) is 11.7. The molecule has 0 N–H and O–H groups in total. The van der Waals surface area contributed by atoms with Gasteiger partial charge in [0.15, 0.2) is 5.78 Å². The number of hydrogen-bond donors (Lipinski definition) is 0. The molecule has 0 aliphatic carbocycles. The van der Waals surface area contributed by atoms with Crippen molar-refractivity contribution in [3.63, 3.8) is 0 Å². The van der Waals surface area contributed by atoms with E-state index in [2.05, 4.69) is 9.97 Å². The molecule has 0 aliphatic heterocycles. The lowest BCUT2D eigenvalue weighted by molar-refractivity contribution is -0.111. The number of pyridine rings is 2. The average Bonchev–Trinajstić information content (AvgIpc) is 2.53. The van der Waals surface area contributed by atoms with Gasteiger partial charge in [-0.2, -0.15) is 0 Å². The van der Waals surface area contributed by atoms with Gasteiger partial charge >= 0.3 is 0 Å². The quantitative estimate of drug-likeness (QED) is 0.683. The Labute approximate surface area is 123 Å². The maximum absolute atomic E-state index is 11.9. The van der Waals surface area contributed by atoms with Crippen LogP contribution in [0, 0.1) is 0 Å². The van der Waals surface area contributed by atoms with Gasteiger partial charge in [-0.25, -0.2) is 0 Å². The first-order valence-corrected chi connectivity index (χ1v) is 6.73. The number of rotatable bonds is 3. The molecule has 3 heteroatoms. The van der Waals surface area contributed by atoms with E-state index in [-0.39, 0.29) is 5.78 Å². The first-order chi connectivity index (χ1) is 10.3. The second-order valence-electron chi connectivity index (χ2n) is 4.75. The van der Waals surface area contributed by atoms with Crippen molar-refractivity contribution in [3.05, 3.63) is 72.3 Å². The van der Waals surface area contributed by atoms with Gasteiger partial charge in [-0.3, -0.25) is 14.8 Å². The summed E-state index contributed by atoms with van der Waals surface area (Å²) in [6.07, 6.45) is 5.25. The first-order valence-electron chi connectivity index (χ1n) is 6.73. The number of nitrogens with zero attached hydrogens (tertiary/aromatic N) is 2. The topological polar surface area (TPSA) is 42.9 Å². The van der Waals surface area contributed by atoms with E-state index >= 15 is 0 Å². The Bertz CT molecular complexity index is 818. The second kappa shape index (κ2) is 5.67. The van der Waals surface area contributed by atoms with Crippen molar-refractivity contribution in [2.24, 2.45) is 0 Å². The molecule has 0 bridgehead atoms. The molecule has 0 unspecified atom stereocenters. The van der Waals surface area contributed by atoms with Crippen LogP contribution in [0.15, 0.2) is 60.9 Å². The SMILES string of the molecule is CC(=O)/C(=C/c1nccc2ccccc12)c1ccccn1. The highest BCUT2D eigenvalue weighted by atomic mass is 16.1. The van der Waals surface area contributed by atoms with Gasteiger partial charge in [0.2, 0.25) is 0 Å². The number of benzene rings is 1. The van der Waals surface area contributed by atoms with Crippen molar-refractivity contribution in [2.45, 2.75) is 6.92 Å². The lowest BCUT2D eigenvalue weighted by atomic mass is 10.0. The van der Waals surface area contributed by atoms with Crippen LogP contribution < -0.4 is 0 Å². The van der Waals surface area contributed by atoms with E-state index in [0.717, 1.165) is 16.5 Å². The highest BCUT2D eigenvalue weighted by molar-refractivity contribution is 6.24. The Kier molecular flexibility index (Phi) is 3.56. The van der Waals surface area contributed by atoms with Crippen LogP contribution in [-0.2, 0) is 4.79 Å². The highest BCUT2D eigenvalue weighted by Gasteiger charge is 2.10. The minimum Gasteiger partial charge on any atom is -0.294 e. The Hall–Kier alpha value is -2.81. The molecule has 3 rings (SSSR count). The fraction of sp³-hybridized carbons (Fsp3) is 0.0556. The van der Waals surface area contributed by atoms with Gasteiger partial charge in [0.05, 0.1) is 11.4 Å². The maximum Gasteiger partial charge on any atom is 0.162 e. The summed E-state index contributed by atoms with van der Waals surface area (Å²) in [5.41, 5.74) is 2.02. The van der Waals surface area contributed by atoms with Crippen molar-refractivity contribution >= 4 is 28.2 Å². The number of ketones is 1. The average molecular weight is 274 g/mol. The van der Waals surface area contributed by atoms with Gasteiger partial charge in [-0.1, -0.05) is 30.3 Å². The monoisotopic (exact) mass is 274 g/mol. The minimum absolute atomic E-state index is 0.0246. The molecule has 1 aromatic carbocycles. The fourth-order valence-corrected chi connectivity index (χ4v) is 2.27. The van der Waals surface area contributed by atoms with Crippen molar-refractivity contribution < 1.29 is 4.79 Å². The van der Waals surface area contributed by atoms with Crippen LogP contribution in [0.4, 0.5) is 0 Å². The van der Waals surface area contributed by atoms with E-state index in [0.29, 0.717) is 11.3 Å². The third-order valence-electron chi connectivity index (χ3n) is 3.31. The molecule has 0 fully saturated rings. The molecular weight excluding hydrogens is 260 g/mol. The summed E-state index contributed by atoms with van der Waals surface area (Å²) in [5, 5.41) is 2.12. The lowest BCUT2D eigenvalue weighted by Gasteiger charge is -2.05. The van der Waals surface area contributed by atoms with Crippen molar-refractivity contribution in [1.29, 1.82) is 0 Å². The summed E-state index contributed by atoms with van der Waals surface area (Å²) in [5.74, 6) is -0.0246. The molecule has 0 radical (unpaired) electrons. The van der Waals surface area contributed by atoms with Crippen molar-refractivity contribution in [3.8, 4) is 0 Å². The molecule has 0 atom stereocenters. The Morgan fingerprint density at radius 3 is 2.52 bits per heavy atom. The molecule has 3 aromatic rings. The number of aromatic nitrogens is 2. The largest absolute Gasteiger partial charge is 0.294 e. The highest BCUT2D eigenvalue weighted by Crippen LogP contribution is 2.22. The van der Waals surface area contributed by atoms with E-state index < -0.39 is 0 Å². The van der Waals surface area contributed by atoms with E-state index in [4.69, 9.17) is 0 Å². The van der Waals surface area contributed by atoms with Crippen molar-refractivity contribution in [2.75, 3.05) is 0 Å². The van der Waals surface area contributed by atoms with Crippen LogP contribution in [0.3, 0.4) is 0 Å². The molecule has 2 heterocycles. The molecule has 102 valence electrons. The summed E-state index contributed by atoms with van der Waals surface area (Å²) < 4.78 is 0. The van der Waals surface area contributed by atoms with Gasteiger partial charge in [-0.05, 0) is 36.6 Å². The van der Waals surface area contributed by atoms with E-state index in [1.54, 1.807) is 19.3 Å². The van der Waals surface area contributed by atoms with Crippen LogP contribution >= 0.6 is 0 Å². The van der Waals surface area contributed by atoms with E-state index in [1.807, 2.05) is 54.6 Å². The van der Waals surface area contributed by atoms with Crippen LogP contribution in [0.2, 0.25) is 0 Å². The standard InChI is InChI=1S/C18H14N2O/c1-13(21)16(17-8-4-5-10-19-17)12-18-15-7-3-2-6-14(15)9-11-20-18/h2-12H,1H3/b16-12-. The maximum atomic E-state index is 11.9. The number of carbonyl (C=O) groups is 1. The minimum atomic E-state index is -0.0246. The normalized spacial score (nSPS) is 11.6.